The first-order chi connectivity index (χ1) is 12.8. The maximum atomic E-state index is 12.2. The Morgan fingerprint density at radius 3 is 2.12 bits per heavy atom. The third kappa shape index (κ3) is 3.39. The predicted octanol–water partition coefficient (Wildman–Crippen LogP) is 5.00. The Hall–Kier alpha value is -3.66. The average molecular weight is 339 g/mol. The van der Waals surface area contributed by atoms with Crippen LogP contribution in [0.15, 0.2) is 91.1 Å². The van der Waals surface area contributed by atoms with Crippen molar-refractivity contribution in [2.75, 3.05) is 5.32 Å². The lowest BCUT2D eigenvalue weighted by Gasteiger charge is -2.06. The number of aromatic amines is 1. The summed E-state index contributed by atoms with van der Waals surface area (Å²) in [6.45, 7) is 0. The van der Waals surface area contributed by atoms with Gasteiger partial charge in [0.25, 0.3) is 5.91 Å². The Morgan fingerprint density at radius 1 is 0.769 bits per heavy atom. The summed E-state index contributed by atoms with van der Waals surface area (Å²) >= 11 is 0. The van der Waals surface area contributed by atoms with Crippen LogP contribution in [0.3, 0.4) is 0 Å². The molecule has 4 nitrogen and oxygen atoms in total. The maximum Gasteiger partial charge on any atom is 0.255 e. The number of amides is 1. The number of nitrogens with zero attached hydrogens (tertiary/aromatic N) is 1. The van der Waals surface area contributed by atoms with Crippen LogP contribution in [0.2, 0.25) is 0 Å². The predicted molar refractivity (Wildman–Crippen MR) is 104 cm³/mol. The van der Waals surface area contributed by atoms with Crippen LogP contribution >= 0.6 is 0 Å². The Labute approximate surface area is 151 Å². The minimum absolute atomic E-state index is 0.119. The van der Waals surface area contributed by atoms with Gasteiger partial charge in [-0.05, 0) is 29.8 Å². The number of rotatable bonds is 4. The van der Waals surface area contributed by atoms with E-state index < -0.39 is 0 Å². The van der Waals surface area contributed by atoms with Crippen LogP contribution < -0.4 is 5.32 Å². The molecule has 0 fully saturated rings. The Balaban J connectivity index is 1.50. The van der Waals surface area contributed by atoms with Gasteiger partial charge < -0.3 is 10.3 Å². The number of aromatic nitrogens is 2. The standard InChI is InChI=1S/C22H17N3O/c26-22(18-9-5-2-6-10-18)24-19-13-11-16(12-14-19)20-15-23-21(25-20)17-7-3-1-4-8-17/h1-15H,(H,23,25)(H,24,26). The summed E-state index contributed by atoms with van der Waals surface area (Å²) in [5.41, 5.74) is 4.38. The van der Waals surface area contributed by atoms with E-state index in [0.717, 1.165) is 28.3 Å². The molecule has 0 aliphatic rings. The first-order valence-corrected chi connectivity index (χ1v) is 8.37. The molecule has 1 aromatic heterocycles. The molecule has 0 aliphatic heterocycles. The molecule has 4 heteroatoms. The van der Waals surface area contributed by atoms with Gasteiger partial charge in [-0.1, -0.05) is 60.7 Å². The Bertz CT molecular complexity index is 1010. The summed E-state index contributed by atoms with van der Waals surface area (Å²) in [6.07, 6.45) is 1.82. The molecule has 4 aromatic rings. The number of carbonyl (C=O) groups excluding carboxylic acids is 1. The monoisotopic (exact) mass is 339 g/mol. The SMILES string of the molecule is O=C(Nc1ccc(-c2cnc(-c3ccccc3)[nH]2)cc1)c1ccccc1. The zero-order chi connectivity index (χ0) is 17.8. The van der Waals surface area contributed by atoms with Crippen molar-refractivity contribution in [3.8, 4) is 22.6 Å². The maximum absolute atomic E-state index is 12.2. The molecule has 3 aromatic carbocycles. The summed E-state index contributed by atoms with van der Waals surface area (Å²) in [5, 5.41) is 2.90. The van der Waals surface area contributed by atoms with Crippen LogP contribution in [0.4, 0.5) is 5.69 Å². The van der Waals surface area contributed by atoms with Gasteiger partial charge in [0.1, 0.15) is 5.82 Å². The number of carbonyl (C=O) groups is 1. The second-order valence-corrected chi connectivity index (χ2v) is 5.91. The third-order valence-corrected chi connectivity index (χ3v) is 4.11. The van der Waals surface area contributed by atoms with Crippen molar-refractivity contribution in [2.24, 2.45) is 0 Å². The fourth-order valence-electron chi connectivity index (χ4n) is 2.74. The summed E-state index contributed by atoms with van der Waals surface area (Å²) < 4.78 is 0. The number of H-pyrrole nitrogens is 1. The molecule has 0 unspecified atom stereocenters. The van der Waals surface area contributed by atoms with Crippen molar-refractivity contribution < 1.29 is 4.79 Å². The summed E-state index contributed by atoms with van der Waals surface area (Å²) in [4.78, 5) is 20.0. The highest BCUT2D eigenvalue weighted by Gasteiger charge is 2.07. The molecule has 4 rings (SSSR count). The van der Waals surface area contributed by atoms with Gasteiger partial charge >= 0.3 is 0 Å². The van der Waals surface area contributed by atoms with Crippen molar-refractivity contribution in [3.63, 3.8) is 0 Å². The molecule has 1 amide bonds. The molecule has 0 radical (unpaired) electrons. The van der Waals surface area contributed by atoms with Crippen molar-refractivity contribution in [1.29, 1.82) is 0 Å². The number of benzene rings is 3. The second-order valence-electron chi connectivity index (χ2n) is 5.91. The highest BCUT2D eigenvalue weighted by atomic mass is 16.1. The lowest BCUT2D eigenvalue weighted by Crippen LogP contribution is -2.11. The van der Waals surface area contributed by atoms with Crippen LogP contribution in [-0.4, -0.2) is 15.9 Å². The molecule has 1 heterocycles. The number of nitrogens with one attached hydrogen (secondary N) is 2. The van der Waals surface area contributed by atoms with Crippen LogP contribution in [-0.2, 0) is 0 Å². The normalized spacial score (nSPS) is 10.5. The van der Waals surface area contributed by atoms with E-state index in [1.165, 1.54) is 0 Å². The number of hydrogen-bond acceptors (Lipinski definition) is 2. The molecule has 0 spiro atoms. The van der Waals surface area contributed by atoms with Crippen LogP contribution in [0.25, 0.3) is 22.6 Å². The largest absolute Gasteiger partial charge is 0.338 e. The molecule has 2 N–H and O–H groups in total. The van der Waals surface area contributed by atoms with E-state index in [2.05, 4.69) is 15.3 Å². The van der Waals surface area contributed by atoms with Gasteiger partial charge in [-0.25, -0.2) is 4.98 Å². The van der Waals surface area contributed by atoms with Gasteiger partial charge in [0, 0.05) is 16.8 Å². The van der Waals surface area contributed by atoms with E-state index in [4.69, 9.17) is 0 Å². The van der Waals surface area contributed by atoms with Crippen LogP contribution in [0, 0.1) is 0 Å². The number of imidazole rings is 1. The summed E-state index contributed by atoms with van der Waals surface area (Å²) in [7, 11) is 0. The highest BCUT2D eigenvalue weighted by Crippen LogP contribution is 2.23. The summed E-state index contributed by atoms with van der Waals surface area (Å²) in [5.74, 6) is 0.716. The molecular formula is C22H17N3O. The van der Waals surface area contributed by atoms with Crippen LogP contribution in [0.1, 0.15) is 10.4 Å². The van der Waals surface area contributed by atoms with E-state index in [-0.39, 0.29) is 5.91 Å². The topological polar surface area (TPSA) is 57.8 Å². The second kappa shape index (κ2) is 7.07. The van der Waals surface area contributed by atoms with E-state index in [0.29, 0.717) is 5.56 Å². The van der Waals surface area contributed by atoms with E-state index >= 15 is 0 Å². The van der Waals surface area contributed by atoms with Crippen LogP contribution in [0.5, 0.6) is 0 Å². The summed E-state index contributed by atoms with van der Waals surface area (Å²) in [6, 6.07) is 26.9. The van der Waals surface area contributed by atoms with Crippen molar-refractivity contribution in [1.82, 2.24) is 9.97 Å². The molecule has 0 atom stereocenters. The molecule has 26 heavy (non-hydrogen) atoms. The number of hydrogen-bond donors (Lipinski definition) is 2. The van der Waals surface area contributed by atoms with Gasteiger partial charge in [0.15, 0.2) is 0 Å². The van der Waals surface area contributed by atoms with Gasteiger partial charge in [-0.2, -0.15) is 0 Å². The molecule has 0 saturated carbocycles. The van der Waals surface area contributed by atoms with Crippen molar-refractivity contribution >= 4 is 11.6 Å². The Kier molecular flexibility index (Phi) is 4.31. The lowest BCUT2D eigenvalue weighted by atomic mass is 10.1. The van der Waals surface area contributed by atoms with Gasteiger partial charge in [-0.15, -0.1) is 0 Å². The zero-order valence-corrected chi connectivity index (χ0v) is 14.0. The minimum Gasteiger partial charge on any atom is -0.338 e. The fourth-order valence-corrected chi connectivity index (χ4v) is 2.74. The molecule has 0 aliphatic carbocycles. The van der Waals surface area contributed by atoms with E-state index in [1.807, 2.05) is 79.0 Å². The van der Waals surface area contributed by atoms with Crippen molar-refractivity contribution in [2.45, 2.75) is 0 Å². The Morgan fingerprint density at radius 2 is 1.42 bits per heavy atom. The molecule has 126 valence electrons. The van der Waals surface area contributed by atoms with E-state index in [1.54, 1.807) is 12.1 Å². The number of anilines is 1. The lowest BCUT2D eigenvalue weighted by molar-refractivity contribution is 0.102. The molecular weight excluding hydrogens is 322 g/mol. The van der Waals surface area contributed by atoms with Gasteiger partial charge in [0.2, 0.25) is 0 Å². The fraction of sp³-hybridized carbons (Fsp3) is 0. The first kappa shape index (κ1) is 15.8. The van der Waals surface area contributed by atoms with Crippen molar-refractivity contribution in [3.05, 3.63) is 96.7 Å². The first-order valence-electron chi connectivity index (χ1n) is 8.37. The van der Waals surface area contributed by atoms with E-state index in [9.17, 15) is 4.79 Å². The smallest absolute Gasteiger partial charge is 0.255 e. The average Bonchev–Trinajstić information content (AvgIpc) is 3.20. The third-order valence-electron chi connectivity index (χ3n) is 4.11. The molecule has 0 bridgehead atoms. The molecule has 0 saturated heterocycles. The van der Waals surface area contributed by atoms with Gasteiger partial charge in [-0.3, -0.25) is 4.79 Å². The van der Waals surface area contributed by atoms with Gasteiger partial charge in [0.05, 0.1) is 11.9 Å². The highest BCUT2D eigenvalue weighted by molar-refractivity contribution is 6.04. The zero-order valence-electron chi connectivity index (χ0n) is 14.0. The minimum atomic E-state index is -0.119. The quantitative estimate of drug-likeness (QED) is 0.550.